The Labute approximate surface area is 274 Å². The number of hydrogen-bond acceptors (Lipinski definition) is 0. The molecule has 0 aromatic carbocycles. The Hall–Kier alpha value is 7.22. The topological polar surface area (TPSA) is 256 Å². The Morgan fingerprint density at radius 3 is 0.267 bits per heavy atom. The molecule has 0 saturated carbocycles. The molecule has 0 saturated heterocycles. The summed E-state index contributed by atoms with van der Waals surface area (Å²) in [7, 11) is 0. The summed E-state index contributed by atoms with van der Waals surface area (Å²) in [5.41, 5.74) is 0. The van der Waals surface area contributed by atoms with Crippen LogP contribution in [0, 0.1) is 0 Å². The van der Waals surface area contributed by atoms with Gasteiger partial charge in [-0.2, -0.15) is 0 Å². The van der Waals surface area contributed by atoms with Crippen molar-refractivity contribution in [2.75, 3.05) is 0 Å². The molecule has 72 valence electrons. The Morgan fingerprint density at radius 2 is 0.267 bits per heavy atom. The minimum atomic E-state index is 0. The van der Waals surface area contributed by atoms with Crippen molar-refractivity contribution in [2.24, 2.45) is 0 Å². The molecule has 15 heteroatoms. The van der Waals surface area contributed by atoms with Crippen LogP contribution in [-0.2, 0) is 94.0 Å². The maximum absolute atomic E-state index is 0. The first-order valence-corrected chi connectivity index (χ1v) is 0. The van der Waals surface area contributed by atoms with Gasteiger partial charge in [0.25, 0.3) is 0 Å². The van der Waals surface area contributed by atoms with Gasteiger partial charge in [0, 0.05) is 0 Å². The normalized spacial score (nSPS) is 0. The van der Waals surface area contributed by atoms with Crippen molar-refractivity contribution in [2.45, 2.75) is 0 Å². The van der Waals surface area contributed by atoms with E-state index in [1.165, 1.54) is 0 Å². The fourth-order valence-corrected chi connectivity index (χ4v) is 0. The molecule has 0 aliphatic rings. The van der Waals surface area contributed by atoms with Crippen LogP contribution < -0.4 is 0 Å². The molecule has 0 radical (unpaired) electrons. The van der Waals surface area contributed by atoms with Gasteiger partial charge in [-0.3, -0.25) is 0 Å². The minimum absolute atomic E-state index is 0. The zero-order valence-electron chi connectivity index (χ0n) is 7.40. The predicted molar refractivity (Wildman–Crippen MR) is 29.2 cm³/mol. The van der Waals surface area contributed by atoms with Crippen molar-refractivity contribution in [3.63, 3.8) is 0 Å². The molecule has 0 bridgehead atoms. The van der Waals surface area contributed by atoms with Crippen LogP contribution in [0.15, 0.2) is 0 Å². The largest absolute Gasteiger partial charge is 5.00 e. The third kappa shape index (κ3) is 150. The Kier molecular flexibility index (Phi) is 2130. The Bertz CT molecular complexity index is 24.1. The molecule has 0 aliphatic carbocycles. The first-order valence-electron chi connectivity index (χ1n) is 0. The predicted octanol–water partition coefficient (Wildman–Crippen LogP) is -2.60. The second-order valence-electron chi connectivity index (χ2n) is 0. The molecular formula is Ba2O9Sr2Ta2. The van der Waals surface area contributed by atoms with Crippen LogP contribution in [0.5, 0.6) is 0 Å². The van der Waals surface area contributed by atoms with E-state index in [-0.39, 0.29) is 283 Å². The first kappa shape index (κ1) is 192. The molecule has 0 aliphatic heterocycles. The van der Waals surface area contributed by atoms with Crippen LogP contribution in [0.4, 0.5) is 0 Å². The van der Waals surface area contributed by atoms with Gasteiger partial charge in [0.05, 0.1) is 0 Å². The minimum Gasteiger partial charge on any atom is -2.00 e. The maximum atomic E-state index is 0. The first-order chi connectivity index (χ1) is 0. The van der Waals surface area contributed by atoms with Gasteiger partial charge in [0.1, 0.15) is 0 Å². The quantitative estimate of drug-likeness (QED) is 0.227. The smallest absolute Gasteiger partial charge is 2.00 e. The van der Waals surface area contributed by atoms with Gasteiger partial charge in [0.2, 0.25) is 0 Å². The van der Waals surface area contributed by atoms with Gasteiger partial charge >= 0.3 is 233 Å². The van der Waals surface area contributed by atoms with Crippen LogP contribution in [0.2, 0.25) is 0 Å². The summed E-state index contributed by atoms with van der Waals surface area (Å²) in [5, 5.41) is 0. The molecule has 0 amide bonds. The molecule has 0 atom stereocenters. The summed E-state index contributed by atoms with van der Waals surface area (Å²) in [6, 6.07) is 0. The van der Waals surface area contributed by atoms with E-state index in [9.17, 15) is 0 Å². The fourth-order valence-electron chi connectivity index (χ4n) is 0. The number of hydrogen-bond donors (Lipinski definition) is 0. The van der Waals surface area contributed by atoms with Gasteiger partial charge in [-0.05, 0) is 0 Å². The van der Waals surface area contributed by atoms with E-state index in [4.69, 9.17) is 0 Å². The van der Waals surface area contributed by atoms with E-state index in [1.54, 1.807) is 0 Å². The zero-order chi connectivity index (χ0) is 0. The van der Waals surface area contributed by atoms with Crippen molar-refractivity contribution >= 4 is 189 Å². The molecule has 0 rings (SSSR count). The molecule has 0 aromatic rings. The summed E-state index contributed by atoms with van der Waals surface area (Å²) in [5.74, 6) is 0. The molecule has 0 spiro atoms. The van der Waals surface area contributed by atoms with Gasteiger partial charge in [0.15, 0.2) is 0 Å². The molecule has 0 heterocycles. The standard InChI is InChI=1S/2Ba.9O.2Sr.2Ta/q2*+2;9*-2;2*+2;2*+5. The fraction of sp³-hybridized carbons (Fsp3) is 0. The zero-order valence-corrected chi connectivity index (χ0v) is 29.7. The number of rotatable bonds is 0. The van der Waals surface area contributed by atoms with E-state index < -0.39 is 0 Å². The average Bonchev–Trinajstić information content (AvgIpc) is 0. The van der Waals surface area contributed by atoms with Gasteiger partial charge in [-0.25, -0.2) is 0 Å². The monoisotopic (exact) mass is 957 g/mol. The SMILES string of the molecule is [Ba+2].[Ba+2].[O-2].[O-2].[O-2].[O-2].[O-2].[O-2].[O-2].[O-2].[O-2].[Sr+2].[Sr+2].[Ta+5].[Ta+5]. The van der Waals surface area contributed by atoms with Crippen LogP contribution in [0.3, 0.4) is 0 Å². The summed E-state index contributed by atoms with van der Waals surface area (Å²) in [6.45, 7) is 0. The molecule has 0 unspecified atom stereocenters. The summed E-state index contributed by atoms with van der Waals surface area (Å²) in [4.78, 5) is 0. The van der Waals surface area contributed by atoms with Crippen LogP contribution >= 0.6 is 0 Å². The van der Waals surface area contributed by atoms with Crippen LogP contribution in [-0.4, -0.2) is 189 Å². The molecule has 0 N–H and O–H groups in total. The average molecular weight is 956 g/mol. The van der Waals surface area contributed by atoms with Crippen LogP contribution in [0.1, 0.15) is 0 Å². The molecule has 9 nitrogen and oxygen atoms in total. The third-order valence-electron chi connectivity index (χ3n) is 0. The van der Waals surface area contributed by atoms with Crippen molar-refractivity contribution < 1.29 is 94.0 Å². The third-order valence-corrected chi connectivity index (χ3v) is 0. The van der Waals surface area contributed by atoms with Crippen molar-refractivity contribution in [3.8, 4) is 0 Å². The molecule has 0 fully saturated rings. The maximum Gasteiger partial charge on any atom is 5.00 e. The summed E-state index contributed by atoms with van der Waals surface area (Å²) < 4.78 is 0. The molecule has 15 heavy (non-hydrogen) atoms. The van der Waals surface area contributed by atoms with Crippen molar-refractivity contribution in [1.29, 1.82) is 0 Å². The van der Waals surface area contributed by atoms with E-state index in [0.29, 0.717) is 0 Å². The molecular weight excluding hydrogens is 956 g/mol. The Balaban J connectivity index is 0. The van der Waals surface area contributed by atoms with Gasteiger partial charge in [-0.1, -0.05) is 0 Å². The van der Waals surface area contributed by atoms with Gasteiger partial charge in [-0.15, -0.1) is 0 Å². The van der Waals surface area contributed by atoms with E-state index >= 15 is 0 Å². The van der Waals surface area contributed by atoms with E-state index in [0.717, 1.165) is 0 Å². The second kappa shape index (κ2) is 166. The van der Waals surface area contributed by atoms with Gasteiger partial charge < -0.3 is 49.3 Å². The van der Waals surface area contributed by atoms with Crippen molar-refractivity contribution in [1.82, 2.24) is 0 Å². The molecule has 0 aromatic heterocycles. The second-order valence-corrected chi connectivity index (χ2v) is 0. The van der Waals surface area contributed by atoms with E-state index in [2.05, 4.69) is 0 Å². The summed E-state index contributed by atoms with van der Waals surface area (Å²) >= 11 is 0. The Morgan fingerprint density at radius 1 is 0.267 bits per heavy atom. The summed E-state index contributed by atoms with van der Waals surface area (Å²) in [6.07, 6.45) is 0. The van der Waals surface area contributed by atoms with E-state index in [1.807, 2.05) is 0 Å². The van der Waals surface area contributed by atoms with Crippen LogP contribution in [0.25, 0.3) is 0 Å². The van der Waals surface area contributed by atoms with Crippen molar-refractivity contribution in [3.05, 3.63) is 0 Å².